The number of amides is 2. The molecule has 0 unspecified atom stereocenters. The summed E-state index contributed by atoms with van der Waals surface area (Å²) in [5.74, 6) is 0.195. The van der Waals surface area contributed by atoms with Gasteiger partial charge in [-0.25, -0.2) is 17.9 Å². The molecule has 0 aromatic heterocycles. The molecule has 2 rings (SSSR count). The molecule has 0 aliphatic carbocycles. The first-order chi connectivity index (χ1) is 14.6. The van der Waals surface area contributed by atoms with Gasteiger partial charge in [0.05, 0.1) is 4.90 Å². The number of rotatable bonds is 9. The van der Waals surface area contributed by atoms with Gasteiger partial charge in [-0.15, -0.1) is 12.3 Å². The fourth-order valence-electron chi connectivity index (χ4n) is 2.88. The van der Waals surface area contributed by atoms with Crippen molar-refractivity contribution in [1.82, 2.24) is 14.9 Å². The Hall–Kier alpha value is -3.58. The Kier molecular flexibility index (Phi) is 7.99. The number of nitrogens with one attached hydrogen (secondary N) is 2. The van der Waals surface area contributed by atoms with E-state index in [0.29, 0.717) is 18.5 Å². The maximum atomic E-state index is 12.7. The number of terminal acetylenes is 1. The molecule has 1 aromatic rings. The summed E-state index contributed by atoms with van der Waals surface area (Å²) >= 11 is 0. The molecule has 0 radical (unpaired) electrons. The van der Waals surface area contributed by atoms with Crippen molar-refractivity contribution in [3.63, 3.8) is 0 Å². The van der Waals surface area contributed by atoms with Crippen molar-refractivity contribution in [2.24, 2.45) is 0 Å². The Morgan fingerprint density at radius 1 is 1.26 bits per heavy atom. The zero-order valence-electron chi connectivity index (χ0n) is 16.9. The second-order valence-corrected chi connectivity index (χ2v) is 8.42. The first-order valence-electron chi connectivity index (χ1n) is 9.37. The van der Waals surface area contributed by atoms with Gasteiger partial charge >= 0.3 is 5.97 Å². The molecule has 1 aromatic carbocycles. The monoisotopic (exact) mass is 445 g/mol. The first-order valence-corrected chi connectivity index (χ1v) is 10.9. The average Bonchev–Trinajstić information content (AvgIpc) is 2.71. The zero-order chi connectivity index (χ0) is 23.0. The molecule has 164 valence electrons. The zero-order valence-corrected chi connectivity index (χ0v) is 17.7. The third-order valence-electron chi connectivity index (χ3n) is 4.40. The molecular formula is C21H23N3O6S. The van der Waals surface area contributed by atoms with E-state index >= 15 is 0 Å². The van der Waals surface area contributed by atoms with E-state index in [0.717, 1.165) is 0 Å². The summed E-state index contributed by atoms with van der Waals surface area (Å²) in [5.41, 5.74) is 0.740. The van der Waals surface area contributed by atoms with Crippen LogP contribution in [0.2, 0.25) is 0 Å². The quantitative estimate of drug-likeness (QED) is 0.469. The maximum Gasteiger partial charge on any atom is 0.352 e. The molecule has 1 heterocycles. The molecule has 0 spiro atoms. The van der Waals surface area contributed by atoms with Crippen LogP contribution < -0.4 is 10.0 Å². The van der Waals surface area contributed by atoms with Gasteiger partial charge in [0.15, 0.2) is 0 Å². The van der Waals surface area contributed by atoms with Crippen LogP contribution in [0.5, 0.6) is 0 Å². The topological polar surface area (TPSA) is 133 Å². The summed E-state index contributed by atoms with van der Waals surface area (Å²) in [5, 5.41) is 11.9. The lowest BCUT2D eigenvalue weighted by atomic mass is 10.1. The lowest BCUT2D eigenvalue weighted by Crippen LogP contribution is -2.39. The van der Waals surface area contributed by atoms with Gasteiger partial charge in [0.2, 0.25) is 5.91 Å². The minimum atomic E-state index is -4.15. The van der Waals surface area contributed by atoms with Crippen molar-refractivity contribution in [2.45, 2.75) is 24.7 Å². The van der Waals surface area contributed by atoms with E-state index in [-0.39, 0.29) is 41.6 Å². The summed E-state index contributed by atoms with van der Waals surface area (Å²) in [6.07, 6.45) is 8.45. The van der Waals surface area contributed by atoms with Gasteiger partial charge in [0, 0.05) is 38.6 Å². The van der Waals surface area contributed by atoms with E-state index in [1.165, 1.54) is 36.1 Å². The van der Waals surface area contributed by atoms with Gasteiger partial charge in [-0.1, -0.05) is 12.1 Å². The van der Waals surface area contributed by atoms with Crippen LogP contribution in [0.4, 0.5) is 0 Å². The third kappa shape index (κ3) is 6.72. The van der Waals surface area contributed by atoms with Gasteiger partial charge in [0.25, 0.3) is 15.9 Å². The number of carbonyl (C=O) groups is 3. The number of nitrogens with zero attached hydrogens (tertiary/aromatic N) is 1. The van der Waals surface area contributed by atoms with Crippen LogP contribution in [0.3, 0.4) is 0 Å². The van der Waals surface area contributed by atoms with E-state index in [4.69, 9.17) is 6.42 Å². The van der Waals surface area contributed by atoms with Gasteiger partial charge in [-0.3, -0.25) is 9.59 Å². The standard InChI is InChI=1S/C21H23N3O6S/c1-3-4-12-24-14-17(8-9-19(24)21(27)28)20(26)23-31(29,30)18-7-5-6-16(13-18)10-11-22-15(2)25/h1,5-9,13H,4,10-12,14H2,2H3,(H,22,25)(H,23,26)(H,27,28). The van der Waals surface area contributed by atoms with E-state index in [9.17, 15) is 27.9 Å². The minimum absolute atomic E-state index is 0.0264. The van der Waals surface area contributed by atoms with Crippen molar-refractivity contribution in [1.29, 1.82) is 0 Å². The SMILES string of the molecule is C#CCCN1CC(C(=O)NS(=O)(=O)c2cccc(CCNC(C)=O)c2)=CC=C1C(=O)O. The Morgan fingerprint density at radius 2 is 2.00 bits per heavy atom. The van der Waals surface area contributed by atoms with Crippen LogP contribution >= 0.6 is 0 Å². The molecule has 10 heteroatoms. The van der Waals surface area contributed by atoms with Gasteiger partial charge in [0.1, 0.15) is 5.70 Å². The van der Waals surface area contributed by atoms with Crippen molar-refractivity contribution >= 4 is 27.8 Å². The van der Waals surface area contributed by atoms with E-state index in [1.807, 2.05) is 4.72 Å². The smallest absolute Gasteiger partial charge is 0.352 e. The molecule has 0 fully saturated rings. The number of carbonyl (C=O) groups excluding carboxylic acids is 2. The van der Waals surface area contributed by atoms with Gasteiger partial charge < -0.3 is 15.3 Å². The summed E-state index contributed by atoms with van der Waals surface area (Å²) in [6.45, 7) is 1.86. The summed E-state index contributed by atoms with van der Waals surface area (Å²) in [4.78, 5) is 36.2. The van der Waals surface area contributed by atoms with E-state index < -0.39 is 21.9 Å². The summed E-state index contributed by atoms with van der Waals surface area (Å²) in [7, 11) is -4.15. The fourth-order valence-corrected chi connectivity index (χ4v) is 3.94. The number of allylic oxidation sites excluding steroid dienone is 2. The Bertz CT molecular complexity index is 1080. The number of carboxylic acid groups (broad SMARTS) is 1. The third-order valence-corrected chi connectivity index (χ3v) is 5.73. The summed E-state index contributed by atoms with van der Waals surface area (Å²) in [6, 6.07) is 6.04. The first kappa shape index (κ1) is 23.7. The molecule has 3 N–H and O–H groups in total. The predicted molar refractivity (Wildman–Crippen MR) is 113 cm³/mol. The second-order valence-electron chi connectivity index (χ2n) is 6.74. The molecular weight excluding hydrogens is 422 g/mol. The summed E-state index contributed by atoms with van der Waals surface area (Å²) < 4.78 is 27.4. The fraction of sp³-hybridized carbons (Fsp3) is 0.286. The van der Waals surface area contributed by atoms with Crippen molar-refractivity contribution in [3.8, 4) is 12.3 Å². The van der Waals surface area contributed by atoms with Crippen molar-refractivity contribution < 1.29 is 27.9 Å². The molecule has 0 bridgehead atoms. The lowest BCUT2D eigenvalue weighted by molar-refractivity contribution is -0.134. The van der Waals surface area contributed by atoms with Crippen molar-refractivity contribution in [3.05, 3.63) is 53.3 Å². The second kappa shape index (κ2) is 10.4. The van der Waals surface area contributed by atoms with Crippen LogP contribution in [-0.4, -0.2) is 55.8 Å². The average molecular weight is 445 g/mol. The van der Waals surface area contributed by atoms with Crippen LogP contribution in [0.1, 0.15) is 18.9 Å². The molecule has 1 aliphatic rings. The molecule has 31 heavy (non-hydrogen) atoms. The van der Waals surface area contributed by atoms with E-state index in [1.54, 1.807) is 12.1 Å². The Labute approximate surface area is 180 Å². The highest BCUT2D eigenvalue weighted by atomic mass is 32.2. The molecule has 0 saturated heterocycles. The Balaban J connectivity index is 2.14. The number of aliphatic carboxylic acids is 1. The highest BCUT2D eigenvalue weighted by molar-refractivity contribution is 7.90. The van der Waals surface area contributed by atoms with Crippen LogP contribution in [0, 0.1) is 12.3 Å². The minimum Gasteiger partial charge on any atom is -0.477 e. The molecule has 0 atom stereocenters. The number of benzene rings is 1. The number of hydrogen-bond donors (Lipinski definition) is 3. The predicted octanol–water partition coefficient (Wildman–Crippen LogP) is 0.404. The highest BCUT2D eigenvalue weighted by Gasteiger charge is 2.26. The molecule has 0 saturated carbocycles. The normalized spacial score (nSPS) is 13.5. The molecule has 1 aliphatic heterocycles. The number of sulfonamides is 1. The van der Waals surface area contributed by atoms with E-state index in [2.05, 4.69) is 11.2 Å². The van der Waals surface area contributed by atoms with Crippen molar-refractivity contribution in [2.75, 3.05) is 19.6 Å². The largest absolute Gasteiger partial charge is 0.477 e. The lowest BCUT2D eigenvalue weighted by Gasteiger charge is -2.27. The van der Waals surface area contributed by atoms with Crippen LogP contribution in [-0.2, 0) is 30.8 Å². The van der Waals surface area contributed by atoms with Gasteiger partial charge in [-0.05, 0) is 36.3 Å². The Morgan fingerprint density at radius 3 is 2.65 bits per heavy atom. The molecule has 9 nitrogen and oxygen atoms in total. The maximum absolute atomic E-state index is 12.7. The van der Waals surface area contributed by atoms with Crippen LogP contribution in [0.15, 0.2) is 52.6 Å². The molecule has 2 amide bonds. The van der Waals surface area contributed by atoms with Crippen LogP contribution in [0.25, 0.3) is 0 Å². The van der Waals surface area contributed by atoms with Gasteiger partial charge in [-0.2, -0.15) is 0 Å². The highest BCUT2D eigenvalue weighted by Crippen LogP contribution is 2.17. The number of hydrogen-bond acceptors (Lipinski definition) is 6. The number of carboxylic acids is 1.